The first kappa shape index (κ1) is 82.6. The highest BCUT2D eigenvalue weighted by molar-refractivity contribution is 6.31. The Labute approximate surface area is 679 Å². The van der Waals surface area contributed by atoms with Gasteiger partial charge in [0.05, 0.1) is 56.1 Å². The molecule has 0 atom stereocenters. The fourth-order valence-electron chi connectivity index (χ4n) is 15.9. The van der Waals surface area contributed by atoms with Crippen LogP contribution in [0, 0.1) is 0 Å². The molecule has 16 rings (SSSR count). The fourth-order valence-corrected chi connectivity index (χ4v) is 15.9. The summed E-state index contributed by atoms with van der Waals surface area (Å²) in [5.41, 5.74) is -0.144. The van der Waals surface area contributed by atoms with Crippen molar-refractivity contribution in [3.63, 3.8) is 0 Å². The maximum atomic E-state index is 14.4. The quantitative estimate of drug-likeness (QED) is 0.0706. The number of halogens is 18. The molecule has 0 aliphatic heterocycles. The molecule has 16 aromatic rings. The Morgan fingerprint density at radius 2 is 0.375 bits per heavy atom. The molecule has 4 nitrogen and oxygen atoms in total. The predicted octanol–water partition coefficient (Wildman–Crippen LogP) is 33.7. The van der Waals surface area contributed by atoms with E-state index in [1.807, 2.05) is 135 Å². The highest BCUT2D eigenvalue weighted by atomic mass is 19.4. The Morgan fingerprint density at radius 1 is 0.183 bits per heavy atom. The lowest BCUT2D eigenvalue weighted by Crippen LogP contribution is -2.17. The third-order valence-corrected chi connectivity index (χ3v) is 21.9. The minimum atomic E-state index is -5.15. The topological polar surface area (TPSA) is 13.0 Å². The monoisotopic (exact) mass is 1650 g/mol. The van der Waals surface area contributed by atoms with Gasteiger partial charge >= 0.3 is 37.1 Å². The molecule has 0 bridgehead atoms. The lowest BCUT2D eigenvalue weighted by Gasteiger charge is -2.31. The Balaban J connectivity index is 0.000000189. The zero-order valence-electron chi connectivity index (χ0n) is 65.5. The van der Waals surface area contributed by atoms with Crippen LogP contribution in [0.2, 0.25) is 0 Å². The van der Waals surface area contributed by atoms with Gasteiger partial charge in [0.1, 0.15) is 0 Å². The van der Waals surface area contributed by atoms with Gasteiger partial charge in [0.25, 0.3) is 0 Å². The number of nitrogens with zero attached hydrogens (tertiary/aromatic N) is 4. The molecule has 0 unspecified atom stereocenters. The molecule has 0 aromatic heterocycles. The summed E-state index contributed by atoms with van der Waals surface area (Å²) in [5.74, 6) is 0.600. The molecule has 612 valence electrons. The summed E-state index contributed by atoms with van der Waals surface area (Å²) >= 11 is 0. The van der Waals surface area contributed by atoms with Crippen molar-refractivity contribution in [2.45, 2.75) is 116 Å². The smallest absolute Gasteiger partial charge is 0.310 e. The molecule has 0 saturated heterocycles. The molecule has 0 aliphatic rings. The minimum Gasteiger partial charge on any atom is -0.310 e. The van der Waals surface area contributed by atoms with Crippen molar-refractivity contribution in [1.82, 2.24) is 0 Å². The van der Waals surface area contributed by atoms with E-state index in [4.69, 9.17) is 0 Å². The molecule has 16 aromatic carbocycles. The molecular formula is C98H74F18N4. The first-order valence-corrected chi connectivity index (χ1v) is 38.5. The normalized spacial score (nSPS) is 12.7. The van der Waals surface area contributed by atoms with Crippen molar-refractivity contribution >= 4 is 133 Å². The van der Waals surface area contributed by atoms with Gasteiger partial charge in [0, 0.05) is 67.0 Å². The highest BCUT2D eigenvalue weighted by Crippen LogP contribution is 2.55. The Morgan fingerprint density at radius 3 is 0.575 bits per heavy atom. The second-order valence-electron chi connectivity index (χ2n) is 31.1. The lowest BCUT2D eigenvalue weighted by atomic mass is 9.90. The van der Waals surface area contributed by atoms with Crippen LogP contribution in [0.3, 0.4) is 0 Å². The second-order valence-corrected chi connectivity index (χ2v) is 31.1. The Bertz CT molecular complexity index is 6000. The van der Waals surface area contributed by atoms with Gasteiger partial charge in [-0.15, -0.1) is 0 Å². The van der Waals surface area contributed by atoms with E-state index in [2.05, 4.69) is 27.7 Å². The Hall–Kier alpha value is -12.5. The highest BCUT2D eigenvalue weighted by Gasteiger charge is 2.41. The van der Waals surface area contributed by atoms with Crippen LogP contribution in [-0.4, -0.2) is 0 Å². The number of rotatable bonds is 16. The molecule has 0 heterocycles. The van der Waals surface area contributed by atoms with E-state index in [0.29, 0.717) is 90.7 Å². The van der Waals surface area contributed by atoms with E-state index in [-0.39, 0.29) is 58.6 Å². The largest absolute Gasteiger partial charge is 0.416 e. The van der Waals surface area contributed by atoms with Gasteiger partial charge in [-0.05, 0) is 235 Å². The van der Waals surface area contributed by atoms with Crippen molar-refractivity contribution < 1.29 is 79.0 Å². The molecule has 0 amide bonds. The average Bonchev–Trinajstić information content (AvgIpc) is 0.725. The number of hydrogen-bond donors (Lipinski definition) is 0. The zero-order valence-corrected chi connectivity index (χ0v) is 65.5. The summed E-state index contributed by atoms with van der Waals surface area (Å²) < 4.78 is 257. The van der Waals surface area contributed by atoms with Crippen LogP contribution in [0.5, 0.6) is 0 Å². The van der Waals surface area contributed by atoms with Crippen LogP contribution in [0.25, 0.3) is 64.6 Å². The van der Waals surface area contributed by atoms with Crippen molar-refractivity contribution in [2.24, 2.45) is 0 Å². The van der Waals surface area contributed by atoms with E-state index in [1.54, 1.807) is 109 Å². The summed E-state index contributed by atoms with van der Waals surface area (Å²) in [6.45, 7) is 16.1. The molecule has 120 heavy (non-hydrogen) atoms. The minimum absolute atomic E-state index is 0.0397. The van der Waals surface area contributed by atoms with Crippen LogP contribution in [0.4, 0.5) is 147 Å². The van der Waals surface area contributed by atoms with Gasteiger partial charge in [0.15, 0.2) is 0 Å². The van der Waals surface area contributed by atoms with Crippen molar-refractivity contribution in [3.8, 4) is 0 Å². The van der Waals surface area contributed by atoms with Crippen LogP contribution in [-0.2, 0) is 37.1 Å². The summed E-state index contributed by atoms with van der Waals surface area (Å²) in [7, 11) is 0. The first-order valence-electron chi connectivity index (χ1n) is 38.5. The molecule has 0 N–H and O–H groups in total. The summed E-state index contributed by atoms with van der Waals surface area (Å²) in [4.78, 5) is 6.38. The lowest BCUT2D eigenvalue weighted by molar-refractivity contribution is -0.144. The molecule has 0 aliphatic carbocycles. The van der Waals surface area contributed by atoms with Crippen molar-refractivity contribution in [1.29, 1.82) is 0 Å². The van der Waals surface area contributed by atoms with Crippen molar-refractivity contribution in [3.05, 3.63) is 335 Å². The maximum absolute atomic E-state index is 14.4. The zero-order chi connectivity index (χ0) is 85.8. The summed E-state index contributed by atoms with van der Waals surface area (Å²) in [6.07, 6.45) is -29.7. The maximum Gasteiger partial charge on any atom is 0.416 e. The first-order chi connectivity index (χ1) is 56.6. The molecule has 0 saturated carbocycles. The van der Waals surface area contributed by atoms with Gasteiger partial charge in [-0.25, -0.2) is 0 Å². The third kappa shape index (κ3) is 16.1. The second kappa shape index (κ2) is 31.0. The molecule has 0 fully saturated rings. The fraction of sp³-hybridized carbons (Fsp3) is 0.184. The van der Waals surface area contributed by atoms with E-state index < -0.39 is 81.8 Å². The standard InChI is InChI=1S/C50H36F12N2.C48H38F6N2/c1-27(2)29-11-15-37(16-12-29)63(39-23-33(47(51,52)53)21-34(24-39)48(54,55)56)43-19-31-7-6-10-42-44(20-32-8-5-9-41(43)45(32)46(31)42)64(38-17-13-30(14-18-38)28(3)4)40-25-35(49(57,58)59)22-36(26-40)50(60,61)62;1-29(2)31-17-21-37(22-18-31)55(39-13-7-11-35(27-39)47(49,50)51)43-25-33-9-6-16-42-44(26-34-10-5-15-41(43)45(34)46(33)42)56(38-23-19-32(20-24-38)30(3)4)40-14-8-12-36(28-40)48(52,53)54/h5-28H,1-4H3;5-30H,1-4H3. The van der Waals surface area contributed by atoms with Gasteiger partial charge in [-0.3, -0.25) is 0 Å². The van der Waals surface area contributed by atoms with Crippen LogP contribution >= 0.6 is 0 Å². The Kier molecular flexibility index (Phi) is 21.4. The molecule has 0 spiro atoms. The van der Waals surface area contributed by atoms with Crippen molar-refractivity contribution in [2.75, 3.05) is 19.6 Å². The summed E-state index contributed by atoms with van der Waals surface area (Å²) in [6, 6.07) is 71.3. The van der Waals surface area contributed by atoms with Crippen LogP contribution < -0.4 is 19.6 Å². The number of benzene rings is 16. The van der Waals surface area contributed by atoms with Gasteiger partial charge in [0.2, 0.25) is 0 Å². The van der Waals surface area contributed by atoms with Gasteiger partial charge < -0.3 is 19.6 Å². The van der Waals surface area contributed by atoms with Gasteiger partial charge in [-0.2, -0.15) is 79.0 Å². The van der Waals surface area contributed by atoms with Gasteiger partial charge in [-0.1, -0.05) is 189 Å². The molecular weight excluding hydrogens is 1580 g/mol. The number of alkyl halides is 18. The summed E-state index contributed by atoms with van der Waals surface area (Å²) in [5, 5.41) is 7.72. The number of anilines is 12. The van der Waals surface area contributed by atoms with Crippen LogP contribution in [0.1, 0.15) is 135 Å². The molecule has 0 radical (unpaired) electrons. The number of hydrogen-bond acceptors (Lipinski definition) is 4. The van der Waals surface area contributed by atoms with Crippen LogP contribution in [0.15, 0.2) is 279 Å². The van der Waals surface area contributed by atoms with E-state index in [9.17, 15) is 79.0 Å². The average molecular weight is 1650 g/mol. The van der Waals surface area contributed by atoms with E-state index in [1.165, 1.54) is 34.1 Å². The SMILES string of the molecule is CC(C)c1ccc(N(c2cc(C(F)(F)F)cc(C(F)(F)F)c2)c2cc3cccc4c(N(c5ccc(C(C)C)cc5)c5cc(C(F)(F)F)cc(C(F)(F)F)c5)cc5cccc2c5c34)cc1.CC(C)c1ccc(N(c2cccc(C(F)(F)F)c2)c2cc3cccc4c(N(c5ccc(C(C)C)cc5)c5cccc(C(F)(F)F)c5)cc5cccc2c5c34)cc1. The van der Waals surface area contributed by atoms with E-state index >= 15 is 0 Å². The third-order valence-electron chi connectivity index (χ3n) is 21.9. The predicted molar refractivity (Wildman–Crippen MR) is 445 cm³/mol. The van der Waals surface area contributed by atoms with E-state index in [0.717, 1.165) is 66.7 Å². The molecule has 22 heteroatoms.